The Morgan fingerprint density at radius 3 is 3.10 bits per heavy atom. The molecule has 0 aliphatic carbocycles. The fourth-order valence-electron chi connectivity index (χ4n) is 3.04. The summed E-state index contributed by atoms with van der Waals surface area (Å²) >= 11 is 0. The number of nitrogens with zero attached hydrogens (tertiary/aromatic N) is 4. The Hall–Kier alpha value is -2.11. The lowest BCUT2D eigenvalue weighted by atomic mass is 10.0. The minimum absolute atomic E-state index is 0.169. The molecule has 1 saturated heterocycles. The highest BCUT2D eigenvalue weighted by Crippen LogP contribution is 2.27. The van der Waals surface area contributed by atoms with E-state index in [1.807, 2.05) is 21.9 Å². The van der Waals surface area contributed by atoms with E-state index in [2.05, 4.69) is 29.0 Å². The highest BCUT2D eigenvalue weighted by molar-refractivity contribution is 5.76. The Kier molecular flexibility index (Phi) is 3.77. The fraction of sp³-hybridized carbons (Fsp3) is 0.533. The number of imidazole rings is 1. The van der Waals surface area contributed by atoms with Crippen LogP contribution in [-0.2, 0) is 17.8 Å². The summed E-state index contributed by atoms with van der Waals surface area (Å²) in [4.78, 5) is 18.6. The number of aromatic amines is 1. The molecule has 3 rings (SSSR count). The standard InChI is InChI=1S/C15H21N5O/c1-3-13-16-5-7-19(13)10-14(21)20-6-4-12(9-20)15-11(2)8-17-18-15/h5,7-8,12H,3-4,6,9-10H2,1-2H3,(H,17,18)/t12-/m0/s1. The Bertz CT molecular complexity index is 630. The molecule has 2 aromatic rings. The number of likely N-dealkylation sites (tertiary alicyclic amines) is 1. The predicted molar refractivity (Wildman–Crippen MR) is 78.9 cm³/mol. The maximum absolute atomic E-state index is 12.4. The first-order valence-corrected chi connectivity index (χ1v) is 7.46. The third kappa shape index (κ3) is 2.70. The van der Waals surface area contributed by atoms with Crippen molar-refractivity contribution in [3.63, 3.8) is 0 Å². The molecule has 6 nitrogen and oxygen atoms in total. The van der Waals surface area contributed by atoms with Crippen LogP contribution in [0.1, 0.15) is 36.3 Å². The number of H-pyrrole nitrogens is 1. The Morgan fingerprint density at radius 1 is 1.52 bits per heavy atom. The van der Waals surface area contributed by atoms with E-state index in [0.717, 1.165) is 31.8 Å². The van der Waals surface area contributed by atoms with Crippen molar-refractivity contribution in [2.24, 2.45) is 0 Å². The molecule has 21 heavy (non-hydrogen) atoms. The van der Waals surface area contributed by atoms with E-state index in [0.29, 0.717) is 12.5 Å². The molecule has 1 fully saturated rings. The molecule has 112 valence electrons. The van der Waals surface area contributed by atoms with E-state index >= 15 is 0 Å². The summed E-state index contributed by atoms with van der Waals surface area (Å²) in [7, 11) is 0. The van der Waals surface area contributed by atoms with Gasteiger partial charge in [-0.3, -0.25) is 9.89 Å². The van der Waals surface area contributed by atoms with Crippen LogP contribution in [0.2, 0.25) is 0 Å². The van der Waals surface area contributed by atoms with Gasteiger partial charge in [-0.2, -0.15) is 5.10 Å². The van der Waals surface area contributed by atoms with Crippen LogP contribution in [0.15, 0.2) is 18.6 Å². The van der Waals surface area contributed by atoms with Crippen LogP contribution >= 0.6 is 0 Å². The summed E-state index contributed by atoms with van der Waals surface area (Å²) in [6.07, 6.45) is 7.32. The van der Waals surface area contributed by atoms with Gasteiger partial charge in [-0.25, -0.2) is 4.98 Å². The van der Waals surface area contributed by atoms with Gasteiger partial charge in [0, 0.05) is 43.5 Å². The zero-order valence-corrected chi connectivity index (χ0v) is 12.5. The number of nitrogens with one attached hydrogen (secondary N) is 1. The van der Waals surface area contributed by atoms with Crippen molar-refractivity contribution in [1.29, 1.82) is 0 Å². The highest BCUT2D eigenvalue weighted by atomic mass is 16.2. The van der Waals surface area contributed by atoms with Crippen LogP contribution in [0.5, 0.6) is 0 Å². The molecule has 1 N–H and O–H groups in total. The number of rotatable bonds is 4. The summed E-state index contributed by atoms with van der Waals surface area (Å²) < 4.78 is 1.94. The molecule has 0 bridgehead atoms. The van der Waals surface area contributed by atoms with Crippen LogP contribution in [0, 0.1) is 6.92 Å². The fourth-order valence-corrected chi connectivity index (χ4v) is 3.04. The summed E-state index contributed by atoms with van der Waals surface area (Å²) in [5, 5.41) is 7.15. The zero-order chi connectivity index (χ0) is 14.8. The number of carbonyl (C=O) groups is 1. The maximum atomic E-state index is 12.4. The first-order valence-electron chi connectivity index (χ1n) is 7.46. The van der Waals surface area contributed by atoms with Crippen molar-refractivity contribution in [3.05, 3.63) is 35.7 Å². The molecular formula is C15H21N5O. The summed E-state index contributed by atoms with van der Waals surface area (Å²) in [6.45, 7) is 6.09. The number of carbonyl (C=O) groups excluding carboxylic acids is 1. The number of aryl methyl sites for hydroxylation is 2. The van der Waals surface area contributed by atoms with E-state index in [1.165, 1.54) is 11.3 Å². The molecule has 1 aliphatic heterocycles. The average Bonchev–Trinajstić information content (AvgIpc) is 3.17. The molecule has 1 atom stereocenters. The second kappa shape index (κ2) is 5.71. The third-order valence-electron chi connectivity index (χ3n) is 4.24. The van der Waals surface area contributed by atoms with Crippen LogP contribution < -0.4 is 0 Å². The minimum atomic E-state index is 0.169. The number of hydrogen-bond donors (Lipinski definition) is 1. The van der Waals surface area contributed by atoms with Crippen molar-refractivity contribution in [1.82, 2.24) is 24.6 Å². The van der Waals surface area contributed by atoms with Crippen LogP contribution in [0.4, 0.5) is 0 Å². The quantitative estimate of drug-likeness (QED) is 0.926. The van der Waals surface area contributed by atoms with Gasteiger partial charge in [-0.1, -0.05) is 6.92 Å². The Balaban J connectivity index is 1.63. The van der Waals surface area contributed by atoms with Gasteiger partial charge in [-0.15, -0.1) is 0 Å². The topological polar surface area (TPSA) is 66.8 Å². The average molecular weight is 287 g/mol. The minimum Gasteiger partial charge on any atom is -0.340 e. The smallest absolute Gasteiger partial charge is 0.242 e. The van der Waals surface area contributed by atoms with Gasteiger partial charge in [-0.05, 0) is 18.9 Å². The molecule has 0 radical (unpaired) electrons. The molecule has 0 unspecified atom stereocenters. The Morgan fingerprint density at radius 2 is 2.38 bits per heavy atom. The lowest BCUT2D eigenvalue weighted by molar-refractivity contribution is -0.130. The molecule has 3 heterocycles. The number of hydrogen-bond acceptors (Lipinski definition) is 3. The summed E-state index contributed by atoms with van der Waals surface area (Å²) in [5.74, 6) is 1.51. The van der Waals surface area contributed by atoms with Crippen molar-refractivity contribution < 1.29 is 4.79 Å². The van der Waals surface area contributed by atoms with E-state index in [1.54, 1.807) is 6.20 Å². The van der Waals surface area contributed by atoms with Crippen LogP contribution in [-0.4, -0.2) is 43.6 Å². The molecule has 2 aromatic heterocycles. The van der Waals surface area contributed by atoms with Crippen molar-refractivity contribution in [2.45, 2.75) is 39.2 Å². The molecular weight excluding hydrogens is 266 g/mol. The first-order chi connectivity index (χ1) is 10.2. The first kappa shape index (κ1) is 13.9. The van der Waals surface area contributed by atoms with Gasteiger partial charge < -0.3 is 9.47 Å². The lowest BCUT2D eigenvalue weighted by Gasteiger charge is -2.17. The predicted octanol–water partition coefficient (Wildman–Crippen LogP) is 1.49. The number of aromatic nitrogens is 4. The van der Waals surface area contributed by atoms with Crippen molar-refractivity contribution in [2.75, 3.05) is 13.1 Å². The van der Waals surface area contributed by atoms with Crippen LogP contribution in [0.3, 0.4) is 0 Å². The van der Waals surface area contributed by atoms with Crippen LogP contribution in [0.25, 0.3) is 0 Å². The molecule has 0 saturated carbocycles. The normalized spacial score (nSPS) is 18.4. The summed E-state index contributed by atoms with van der Waals surface area (Å²) in [6, 6.07) is 0. The van der Waals surface area contributed by atoms with Crippen molar-refractivity contribution in [3.8, 4) is 0 Å². The van der Waals surface area contributed by atoms with Crippen molar-refractivity contribution >= 4 is 5.91 Å². The van der Waals surface area contributed by atoms with Gasteiger partial charge in [0.2, 0.25) is 5.91 Å². The highest BCUT2D eigenvalue weighted by Gasteiger charge is 2.29. The Labute approximate surface area is 124 Å². The third-order valence-corrected chi connectivity index (χ3v) is 4.24. The summed E-state index contributed by atoms with van der Waals surface area (Å²) in [5.41, 5.74) is 2.35. The molecule has 0 aromatic carbocycles. The van der Waals surface area contributed by atoms with Gasteiger partial charge >= 0.3 is 0 Å². The second-order valence-corrected chi connectivity index (χ2v) is 5.62. The van der Waals surface area contributed by atoms with Gasteiger partial charge in [0.25, 0.3) is 0 Å². The zero-order valence-electron chi connectivity index (χ0n) is 12.5. The SMILES string of the molecule is CCc1nccn1CC(=O)N1CC[C@H](c2[nH]ncc2C)C1. The van der Waals surface area contributed by atoms with E-state index in [4.69, 9.17) is 0 Å². The maximum Gasteiger partial charge on any atom is 0.242 e. The van der Waals surface area contributed by atoms with E-state index < -0.39 is 0 Å². The molecule has 1 aliphatic rings. The largest absolute Gasteiger partial charge is 0.340 e. The van der Waals surface area contributed by atoms with Gasteiger partial charge in [0.05, 0.1) is 6.20 Å². The van der Waals surface area contributed by atoms with E-state index in [9.17, 15) is 4.79 Å². The van der Waals surface area contributed by atoms with E-state index in [-0.39, 0.29) is 5.91 Å². The molecule has 0 spiro atoms. The number of amides is 1. The second-order valence-electron chi connectivity index (χ2n) is 5.62. The monoisotopic (exact) mass is 287 g/mol. The molecule has 1 amide bonds. The van der Waals surface area contributed by atoms with Gasteiger partial charge in [0.15, 0.2) is 0 Å². The molecule has 6 heteroatoms. The van der Waals surface area contributed by atoms with Gasteiger partial charge in [0.1, 0.15) is 12.4 Å². The lowest BCUT2D eigenvalue weighted by Crippen LogP contribution is -2.32.